The maximum atomic E-state index is 6.15. The predicted molar refractivity (Wildman–Crippen MR) is 73.4 cm³/mol. The highest BCUT2D eigenvalue weighted by Gasteiger charge is 2.18. The van der Waals surface area contributed by atoms with Crippen LogP contribution in [0.5, 0.6) is 0 Å². The van der Waals surface area contributed by atoms with Crippen LogP contribution in [0.3, 0.4) is 0 Å². The summed E-state index contributed by atoms with van der Waals surface area (Å²) >= 11 is 0. The van der Waals surface area contributed by atoms with Crippen molar-refractivity contribution in [1.82, 2.24) is 9.47 Å². The Hall–Kier alpha value is -0.840. The Labute approximate surface area is 110 Å². The average molecular weight is 251 g/mol. The van der Waals surface area contributed by atoms with E-state index in [1.165, 1.54) is 5.56 Å². The second kappa shape index (κ2) is 5.87. The molecule has 1 saturated heterocycles. The van der Waals surface area contributed by atoms with E-state index >= 15 is 0 Å². The molecule has 2 rings (SSSR count). The van der Waals surface area contributed by atoms with Gasteiger partial charge in [-0.3, -0.25) is 0 Å². The topological polar surface area (TPSA) is 43.4 Å². The largest absolute Gasteiger partial charge is 0.374 e. The van der Waals surface area contributed by atoms with Crippen LogP contribution in [-0.2, 0) is 11.3 Å². The van der Waals surface area contributed by atoms with Crippen molar-refractivity contribution in [3.05, 3.63) is 24.0 Å². The van der Waals surface area contributed by atoms with Crippen molar-refractivity contribution in [2.45, 2.75) is 32.5 Å². The highest BCUT2D eigenvalue weighted by molar-refractivity contribution is 5.15. The van der Waals surface area contributed by atoms with Crippen LogP contribution in [0.2, 0.25) is 0 Å². The maximum Gasteiger partial charge on any atom is 0.0880 e. The third-order valence-electron chi connectivity index (χ3n) is 3.63. The van der Waals surface area contributed by atoms with E-state index in [2.05, 4.69) is 48.8 Å². The van der Waals surface area contributed by atoms with E-state index in [0.717, 1.165) is 26.2 Å². The molecule has 1 aliphatic heterocycles. The van der Waals surface area contributed by atoms with Crippen molar-refractivity contribution in [3.8, 4) is 0 Å². The van der Waals surface area contributed by atoms with Gasteiger partial charge in [0.1, 0.15) is 0 Å². The molecule has 1 aromatic heterocycles. The van der Waals surface area contributed by atoms with Crippen molar-refractivity contribution in [2.24, 2.45) is 11.7 Å². The summed E-state index contributed by atoms with van der Waals surface area (Å²) in [5.41, 5.74) is 7.37. The molecule has 0 amide bonds. The molecular formula is C14H25N3O. The zero-order valence-electron chi connectivity index (χ0n) is 11.7. The molecule has 1 aromatic rings. The molecule has 18 heavy (non-hydrogen) atoms. The predicted octanol–water partition coefficient (Wildman–Crippen LogP) is 1.47. The van der Waals surface area contributed by atoms with Gasteiger partial charge in [0.05, 0.1) is 12.7 Å². The normalized spacial score (nSPS) is 23.5. The van der Waals surface area contributed by atoms with Crippen LogP contribution in [-0.4, -0.2) is 42.3 Å². The molecule has 0 aliphatic carbocycles. The summed E-state index contributed by atoms with van der Waals surface area (Å²) < 4.78 is 7.97. The smallest absolute Gasteiger partial charge is 0.0880 e. The van der Waals surface area contributed by atoms with Crippen LogP contribution in [0, 0.1) is 5.92 Å². The van der Waals surface area contributed by atoms with Crippen molar-refractivity contribution < 1.29 is 4.74 Å². The van der Waals surface area contributed by atoms with Crippen molar-refractivity contribution in [2.75, 3.05) is 26.7 Å². The number of nitrogens with two attached hydrogens (primary N) is 1. The molecule has 2 N–H and O–H groups in total. The minimum atomic E-state index is 0.126. The lowest BCUT2D eigenvalue weighted by Crippen LogP contribution is -2.41. The van der Waals surface area contributed by atoms with E-state index in [0.29, 0.717) is 12.0 Å². The van der Waals surface area contributed by atoms with Gasteiger partial charge in [-0.25, -0.2) is 0 Å². The molecular weight excluding hydrogens is 226 g/mol. The number of rotatable bonds is 4. The van der Waals surface area contributed by atoms with Gasteiger partial charge in [-0.2, -0.15) is 0 Å². The summed E-state index contributed by atoms with van der Waals surface area (Å²) in [5, 5.41) is 0. The lowest BCUT2D eigenvalue weighted by molar-refractivity contribution is -0.0274. The zero-order valence-corrected chi connectivity index (χ0v) is 11.7. The Morgan fingerprint density at radius 1 is 1.50 bits per heavy atom. The molecule has 4 nitrogen and oxygen atoms in total. The Morgan fingerprint density at radius 2 is 2.28 bits per heavy atom. The average Bonchev–Trinajstić information content (AvgIpc) is 2.76. The molecule has 0 aromatic carbocycles. The molecule has 102 valence electrons. The number of hydrogen-bond acceptors (Lipinski definition) is 3. The molecule has 2 atom stereocenters. The van der Waals surface area contributed by atoms with Crippen LogP contribution in [0.15, 0.2) is 18.5 Å². The first-order valence-electron chi connectivity index (χ1n) is 6.77. The van der Waals surface area contributed by atoms with Gasteiger partial charge in [-0.1, -0.05) is 13.8 Å². The van der Waals surface area contributed by atoms with Gasteiger partial charge in [-0.15, -0.1) is 0 Å². The van der Waals surface area contributed by atoms with Crippen LogP contribution in [0.25, 0.3) is 0 Å². The monoisotopic (exact) mass is 251 g/mol. The van der Waals surface area contributed by atoms with E-state index in [1.54, 1.807) is 0 Å². The van der Waals surface area contributed by atoms with Gasteiger partial charge in [-0.05, 0) is 24.6 Å². The van der Waals surface area contributed by atoms with Crippen LogP contribution in [0.4, 0.5) is 0 Å². The summed E-state index contributed by atoms with van der Waals surface area (Å²) in [5.74, 6) is 0.470. The molecule has 2 heterocycles. The SMILES string of the molecule is CC(C)C(N)c1ccn(CC2CN(C)CCO2)c1. The lowest BCUT2D eigenvalue weighted by atomic mass is 10.00. The Balaban J connectivity index is 1.94. The van der Waals surface area contributed by atoms with E-state index in [9.17, 15) is 0 Å². The van der Waals surface area contributed by atoms with Crippen molar-refractivity contribution in [3.63, 3.8) is 0 Å². The summed E-state index contributed by atoms with van der Waals surface area (Å²) in [6.45, 7) is 8.09. The van der Waals surface area contributed by atoms with Gasteiger partial charge >= 0.3 is 0 Å². The molecule has 1 fully saturated rings. The molecule has 0 radical (unpaired) electrons. The third kappa shape index (κ3) is 3.34. The second-order valence-electron chi connectivity index (χ2n) is 5.67. The molecule has 1 aliphatic rings. The minimum absolute atomic E-state index is 0.126. The summed E-state index contributed by atoms with van der Waals surface area (Å²) in [6.07, 6.45) is 4.55. The highest BCUT2D eigenvalue weighted by atomic mass is 16.5. The van der Waals surface area contributed by atoms with Gasteiger partial charge < -0.3 is 19.9 Å². The molecule has 0 bridgehead atoms. The maximum absolute atomic E-state index is 6.15. The van der Waals surface area contributed by atoms with Crippen LogP contribution >= 0.6 is 0 Å². The summed E-state index contributed by atoms with van der Waals surface area (Å²) in [7, 11) is 2.14. The van der Waals surface area contributed by atoms with Crippen LogP contribution in [0.1, 0.15) is 25.5 Å². The van der Waals surface area contributed by atoms with E-state index in [-0.39, 0.29) is 6.04 Å². The van der Waals surface area contributed by atoms with Crippen molar-refractivity contribution in [1.29, 1.82) is 0 Å². The first kappa shape index (κ1) is 13.6. The summed E-state index contributed by atoms with van der Waals surface area (Å²) in [6, 6.07) is 2.25. The van der Waals surface area contributed by atoms with Gasteiger partial charge in [0, 0.05) is 38.1 Å². The van der Waals surface area contributed by atoms with Crippen LogP contribution < -0.4 is 5.73 Å². The number of likely N-dealkylation sites (N-methyl/N-ethyl adjacent to an activating group) is 1. The number of ether oxygens (including phenoxy) is 1. The fraction of sp³-hybridized carbons (Fsp3) is 0.714. The minimum Gasteiger partial charge on any atom is -0.374 e. The van der Waals surface area contributed by atoms with E-state index in [4.69, 9.17) is 10.5 Å². The van der Waals surface area contributed by atoms with E-state index < -0.39 is 0 Å². The zero-order chi connectivity index (χ0) is 13.1. The lowest BCUT2D eigenvalue weighted by Gasteiger charge is -2.30. The Morgan fingerprint density at radius 3 is 2.94 bits per heavy atom. The highest BCUT2D eigenvalue weighted by Crippen LogP contribution is 2.19. The molecule has 0 spiro atoms. The second-order valence-corrected chi connectivity index (χ2v) is 5.67. The number of aromatic nitrogens is 1. The quantitative estimate of drug-likeness (QED) is 0.881. The standard InChI is InChI=1S/C14H25N3O/c1-11(2)14(15)12-4-5-17(8-12)10-13-9-16(3)6-7-18-13/h4-5,8,11,13-14H,6-7,9-10,15H2,1-3H3. The third-order valence-corrected chi connectivity index (χ3v) is 3.63. The molecule has 0 saturated carbocycles. The van der Waals surface area contributed by atoms with Gasteiger partial charge in [0.15, 0.2) is 0 Å². The molecule has 2 unspecified atom stereocenters. The number of morpholine rings is 1. The fourth-order valence-electron chi connectivity index (χ4n) is 2.37. The molecule has 4 heteroatoms. The van der Waals surface area contributed by atoms with Gasteiger partial charge in [0.25, 0.3) is 0 Å². The number of nitrogens with zero attached hydrogens (tertiary/aromatic N) is 2. The van der Waals surface area contributed by atoms with E-state index in [1.807, 2.05) is 0 Å². The van der Waals surface area contributed by atoms with Crippen molar-refractivity contribution >= 4 is 0 Å². The fourth-order valence-corrected chi connectivity index (χ4v) is 2.37. The Kier molecular flexibility index (Phi) is 4.43. The first-order valence-corrected chi connectivity index (χ1v) is 6.77. The first-order chi connectivity index (χ1) is 8.56. The number of hydrogen-bond donors (Lipinski definition) is 1. The Bertz CT molecular complexity index is 375. The summed E-state index contributed by atoms with van der Waals surface area (Å²) in [4.78, 5) is 2.32. The van der Waals surface area contributed by atoms with Gasteiger partial charge in [0.2, 0.25) is 0 Å².